The zero-order valence-electron chi connectivity index (χ0n) is 48.0. The lowest BCUT2D eigenvalue weighted by atomic mass is 9.68. The Morgan fingerprint density at radius 3 is 0.744 bits per heavy atom. The molecule has 0 bridgehead atoms. The molecular weight excluding hydrogens is 993 g/mol. The average molecular weight is 1060 g/mol. The van der Waals surface area contributed by atoms with Crippen LogP contribution in [-0.2, 0) is 21.7 Å². The van der Waals surface area contributed by atoms with Gasteiger partial charge in [0.2, 0.25) is 0 Å². The van der Waals surface area contributed by atoms with Crippen molar-refractivity contribution in [3.05, 3.63) is 299 Å². The first-order valence-corrected chi connectivity index (χ1v) is 29.1. The highest BCUT2D eigenvalue weighted by molar-refractivity contribution is 5.96. The smallest absolute Gasteiger partial charge is 0.0507 e. The number of rotatable bonds is 6. The summed E-state index contributed by atoms with van der Waals surface area (Å²) in [6.07, 6.45) is 0. The van der Waals surface area contributed by atoms with E-state index in [0.717, 1.165) is 22.7 Å². The lowest BCUT2D eigenvalue weighted by Gasteiger charge is -2.47. The van der Waals surface area contributed by atoms with Crippen molar-refractivity contribution in [3.63, 3.8) is 0 Å². The number of hydrogen-bond acceptors (Lipinski definition) is 4. The van der Waals surface area contributed by atoms with Crippen LogP contribution >= 0.6 is 0 Å². The molecule has 0 aromatic heterocycles. The minimum atomic E-state index is -0.358. The fourth-order valence-electron chi connectivity index (χ4n) is 14.5. The standard InChI is InChI=1S/C78H66N4/c1-75(2)59-36-21-23-38-67(59)79(55-28-13-9-14-29-55)71-49-65-73(47-63(71)75)81(57-32-17-11-18-33-57)69-42-40-53(45-61(69)77(65,5)6)51-26-25-27-52(44-51)54-41-43-70-62(46-54)78(7,8)66-50-72-64(48-74(66)82(70)58-34-19-12-20-35-58)76(3,4)60-37-22-24-39-68(60)80(72)56-30-15-10-16-31-56/h9-50H,1-8H3. The van der Waals surface area contributed by atoms with Gasteiger partial charge in [-0.2, -0.15) is 0 Å². The Kier molecular flexibility index (Phi) is 10.9. The molecule has 4 nitrogen and oxygen atoms in total. The van der Waals surface area contributed by atoms with E-state index in [2.05, 4.69) is 330 Å². The van der Waals surface area contributed by atoms with E-state index in [1.807, 2.05) is 0 Å². The number of hydrogen-bond donors (Lipinski definition) is 0. The van der Waals surface area contributed by atoms with Crippen molar-refractivity contribution in [1.82, 2.24) is 0 Å². The summed E-state index contributed by atoms with van der Waals surface area (Å²) in [5.41, 5.74) is 28.4. The number of fused-ring (bicyclic) bond motifs is 8. The van der Waals surface area contributed by atoms with Gasteiger partial charge in [-0.15, -0.1) is 0 Å². The summed E-state index contributed by atoms with van der Waals surface area (Å²) >= 11 is 0. The summed E-state index contributed by atoms with van der Waals surface area (Å²) in [6.45, 7) is 19.3. The molecule has 0 spiro atoms. The molecule has 0 saturated carbocycles. The summed E-state index contributed by atoms with van der Waals surface area (Å²) < 4.78 is 0. The zero-order chi connectivity index (χ0) is 55.9. The van der Waals surface area contributed by atoms with Gasteiger partial charge >= 0.3 is 0 Å². The molecule has 82 heavy (non-hydrogen) atoms. The van der Waals surface area contributed by atoms with Crippen molar-refractivity contribution >= 4 is 68.2 Å². The fourth-order valence-corrected chi connectivity index (χ4v) is 14.5. The van der Waals surface area contributed by atoms with Crippen LogP contribution in [0.2, 0.25) is 0 Å². The van der Waals surface area contributed by atoms with Crippen LogP contribution in [0, 0.1) is 0 Å². The Morgan fingerprint density at radius 1 is 0.183 bits per heavy atom. The highest BCUT2D eigenvalue weighted by atomic mass is 15.2. The molecule has 0 saturated heterocycles. The molecule has 0 unspecified atom stereocenters. The van der Waals surface area contributed by atoms with E-state index in [-0.39, 0.29) is 21.7 Å². The molecule has 0 amide bonds. The molecule has 4 aliphatic rings. The minimum absolute atomic E-state index is 0.248. The van der Waals surface area contributed by atoms with E-state index in [0.29, 0.717) is 0 Å². The third kappa shape index (κ3) is 7.29. The molecule has 4 aliphatic heterocycles. The van der Waals surface area contributed by atoms with E-state index < -0.39 is 0 Å². The molecule has 11 aromatic carbocycles. The first-order chi connectivity index (χ1) is 39.7. The molecule has 0 radical (unpaired) electrons. The monoisotopic (exact) mass is 1060 g/mol. The summed E-state index contributed by atoms with van der Waals surface area (Å²) in [5.74, 6) is 0. The highest BCUT2D eigenvalue weighted by Gasteiger charge is 2.45. The Labute approximate surface area is 483 Å². The van der Waals surface area contributed by atoms with Gasteiger partial charge in [0, 0.05) is 44.4 Å². The van der Waals surface area contributed by atoms with E-state index >= 15 is 0 Å². The molecule has 398 valence electrons. The Bertz CT molecular complexity index is 4070. The van der Waals surface area contributed by atoms with Gasteiger partial charge in [0.1, 0.15) is 0 Å². The maximum atomic E-state index is 2.52. The van der Waals surface area contributed by atoms with Crippen LogP contribution in [0.3, 0.4) is 0 Å². The van der Waals surface area contributed by atoms with Crippen LogP contribution in [0.25, 0.3) is 22.3 Å². The molecule has 15 rings (SSSR count). The summed E-state index contributed by atoms with van der Waals surface area (Å²) in [7, 11) is 0. The minimum Gasteiger partial charge on any atom is -0.310 e. The molecule has 0 atom stereocenters. The summed E-state index contributed by atoms with van der Waals surface area (Å²) in [4.78, 5) is 10.0. The molecular formula is C78H66N4. The molecule has 0 N–H and O–H groups in total. The largest absolute Gasteiger partial charge is 0.310 e. The van der Waals surface area contributed by atoms with E-state index in [9.17, 15) is 0 Å². The molecule has 11 aromatic rings. The van der Waals surface area contributed by atoms with Gasteiger partial charge in [0.05, 0.1) is 45.5 Å². The molecule has 0 fully saturated rings. The van der Waals surface area contributed by atoms with Crippen molar-refractivity contribution in [3.8, 4) is 22.3 Å². The van der Waals surface area contributed by atoms with E-state index in [4.69, 9.17) is 0 Å². The Hall–Kier alpha value is -9.38. The first-order valence-electron chi connectivity index (χ1n) is 29.1. The average Bonchev–Trinajstić information content (AvgIpc) is 1.79. The number of anilines is 12. The lowest BCUT2D eigenvalue weighted by Crippen LogP contribution is -2.35. The predicted octanol–water partition coefficient (Wildman–Crippen LogP) is 21.5. The van der Waals surface area contributed by atoms with Crippen LogP contribution in [0.15, 0.2) is 255 Å². The van der Waals surface area contributed by atoms with Gasteiger partial charge in [-0.3, -0.25) is 0 Å². The van der Waals surface area contributed by atoms with Crippen LogP contribution in [0.1, 0.15) is 99.9 Å². The van der Waals surface area contributed by atoms with Crippen LogP contribution in [0.4, 0.5) is 68.2 Å². The Morgan fingerprint density at radius 2 is 0.427 bits per heavy atom. The van der Waals surface area contributed by atoms with Gasteiger partial charge in [0.25, 0.3) is 0 Å². The molecule has 4 heterocycles. The number of nitrogens with zero attached hydrogens (tertiary/aromatic N) is 4. The van der Waals surface area contributed by atoms with Crippen molar-refractivity contribution in [1.29, 1.82) is 0 Å². The van der Waals surface area contributed by atoms with Crippen LogP contribution in [0.5, 0.6) is 0 Å². The van der Waals surface area contributed by atoms with Crippen LogP contribution < -0.4 is 19.6 Å². The van der Waals surface area contributed by atoms with Gasteiger partial charge in [-0.25, -0.2) is 0 Å². The summed E-state index contributed by atoms with van der Waals surface area (Å²) in [6, 6.07) is 95.3. The van der Waals surface area contributed by atoms with E-state index in [1.165, 1.54) is 112 Å². The normalized spacial score (nSPS) is 16.1. The maximum absolute atomic E-state index is 2.52. The van der Waals surface area contributed by atoms with Crippen LogP contribution in [-0.4, -0.2) is 0 Å². The van der Waals surface area contributed by atoms with E-state index in [1.54, 1.807) is 0 Å². The fraction of sp³-hybridized carbons (Fsp3) is 0.154. The van der Waals surface area contributed by atoms with Crippen molar-refractivity contribution < 1.29 is 0 Å². The van der Waals surface area contributed by atoms with Crippen molar-refractivity contribution in [2.45, 2.75) is 77.0 Å². The third-order valence-electron chi connectivity index (χ3n) is 18.9. The highest BCUT2D eigenvalue weighted by Crippen LogP contribution is 2.61. The van der Waals surface area contributed by atoms with Crippen molar-refractivity contribution in [2.24, 2.45) is 0 Å². The van der Waals surface area contributed by atoms with Gasteiger partial charge in [-0.1, -0.05) is 195 Å². The number of para-hydroxylation sites is 6. The first kappa shape index (κ1) is 49.6. The van der Waals surface area contributed by atoms with Gasteiger partial charge < -0.3 is 19.6 Å². The lowest BCUT2D eigenvalue weighted by molar-refractivity contribution is 0.615. The van der Waals surface area contributed by atoms with Gasteiger partial charge in [-0.05, 0) is 182 Å². The Balaban J connectivity index is 0.855. The molecule has 4 heteroatoms. The number of benzene rings is 11. The SMILES string of the molecule is CC1(C)c2ccccc2N(c2ccccc2)c2cc3c(cc21)N(c1ccccc1)c1ccc(-c2cccc(-c4ccc5c(c4)C(C)(C)c4cc6c(cc4N5c4ccccc4)C(C)(C)c4ccccc4N6c4ccccc4)c2)cc1C3(C)C. The van der Waals surface area contributed by atoms with Crippen molar-refractivity contribution in [2.75, 3.05) is 19.6 Å². The second-order valence-electron chi connectivity index (χ2n) is 25.0. The topological polar surface area (TPSA) is 13.0 Å². The second-order valence-corrected chi connectivity index (χ2v) is 25.0. The summed E-state index contributed by atoms with van der Waals surface area (Å²) in [5, 5.41) is 0. The third-order valence-corrected chi connectivity index (χ3v) is 18.9. The second kappa shape index (κ2) is 18.1. The quantitative estimate of drug-likeness (QED) is 0.165. The molecule has 0 aliphatic carbocycles. The zero-order valence-corrected chi connectivity index (χ0v) is 48.0. The predicted molar refractivity (Wildman–Crippen MR) is 345 cm³/mol. The maximum Gasteiger partial charge on any atom is 0.0507 e. The van der Waals surface area contributed by atoms with Gasteiger partial charge in [0.15, 0.2) is 0 Å².